The third-order valence-electron chi connectivity index (χ3n) is 1.48. The Morgan fingerprint density at radius 1 is 1.30 bits per heavy atom. The van der Waals surface area contributed by atoms with E-state index in [0.29, 0.717) is 5.78 Å². The van der Waals surface area contributed by atoms with Crippen LogP contribution in [0.1, 0.15) is 39.0 Å². The van der Waals surface area contributed by atoms with Crippen LogP contribution in [0.5, 0.6) is 0 Å². The van der Waals surface area contributed by atoms with Crippen molar-refractivity contribution in [2.45, 2.75) is 39.0 Å². The first-order valence-corrected chi connectivity index (χ1v) is 4.12. The summed E-state index contributed by atoms with van der Waals surface area (Å²) in [5.74, 6) is 0.413. The second-order valence-corrected chi connectivity index (χ2v) is 2.60. The standard InChI is InChI=1S/C8H17NO/c1-2-5-8(10)6-3-4-7-9/h2-7,9H2,1H3/p+1. The Labute approximate surface area is 62.8 Å². The zero-order valence-electron chi connectivity index (χ0n) is 6.86. The summed E-state index contributed by atoms with van der Waals surface area (Å²) >= 11 is 0. The van der Waals surface area contributed by atoms with E-state index < -0.39 is 0 Å². The molecule has 0 saturated carbocycles. The summed E-state index contributed by atoms with van der Waals surface area (Å²) < 4.78 is 0. The Balaban J connectivity index is 3.05. The number of carbonyl (C=O) groups is 1. The van der Waals surface area contributed by atoms with Gasteiger partial charge in [0.15, 0.2) is 0 Å². The van der Waals surface area contributed by atoms with Gasteiger partial charge >= 0.3 is 0 Å². The van der Waals surface area contributed by atoms with E-state index in [1.807, 2.05) is 6.92 Å². The zero-order chi connectivity index (χ0) is 7.82. The van der Waals surface area contributed by atoms with Gasteiger partial charge in [0.25, 0.3) is 0 Å². The summed E-state index contributed by atoms with van der Waals surface area (Å²) in [5, 5.41) is 0. The van der Waals surface area contributed by atoms with Crippen molar-refractivity contribution >= 4 is 5.78 Å². The Morgan fingerprint density at radius 3 is 2.50 bits per heavy atom. The van der Waals surface area contributed by atoms with Crippen LogP contribution in [0, 0.1) is 0 Å². The van der Waals surface area contributed by atoms with Gasteiger partial charge in [-0.3, -0.25) is 4.79 Å². The Kier molecular flexibility index (Phi) is 6.50. The molecule has 0 aliphatic rings. The lowest BCUT2D eigenvalue weighted by molar-refractivity contribution is -0.368. The lowest BCUT2D eigenvalue weighted by Crippen LogP contribution is -2.50. The third-order valence-corrected chi connectivity index (χ3v) is 1.48. The molecule has 0 fully saturated rings. The molecule has 0 saturated heterocycles. The van der Waals surface area contributed by atoms with Crippen LogP contribution in [0.15, 0.2) is 0 Å². The highest BCUT2D eigenvalue weighted by Crippen LogP contribution is 1.99. The molecule has 0 rings (SSSR count). The van der Waals surface area contributed by atoms with Crippen LogP contribution in [-0.2, 0) is 4.79 Å². The fourth-order valence-electron chi connectivity index (χ4n) is 0.903. The minimum absolute atomic E-state index is 0.413. The van der Waals surface area contributed by atoms with Crippen molar-refractivity contribution in [1.82, 2.24) is 0 Å². The average molecular weight is 144 g/mol. The van der Waals surface area contributed by atoms with Crippen LogP contribution in [0.3, 0.4) is 0 Å². The summed E-state index contributed by atoms with van der Waals surface area (Å²) in [6, 6.07) is 0. The molecule has 0 radical (unpaired) electrons. The number of rotatable bonds is 6. The second-order valence-electron chi connectivity index (χ2n) is 2.60. The minimum atomic E-state index is 0.413. The molecule has 0 atom stereocenters. The first kappa shape index (κ1) is 9.63. The maximum atomic E-state index is 10.9. The van der Waals surface area contributed by atoms with E-state index >= 15 is 0 Å². The van der Waals surface area contributed by atoms with Gasteiger partial charge in [0, 0.05) is 12.8 Å². The summed E-state index contributed by atoms with van der Waals surface area (Å²) in [6.07, 6.45) is 4.64. The molecule has 0 heterocycles. The maximum Gasteiger partial charge on any atom is 0.132 e. The Morgan fingerprint density at radius 2 is 2.00 bits per heavy atom. The van der Waals surface area contributed by atoms with Gasteiger partial charge in [-0.15, -0.1) is 0 Å². The van der Waals surface area contributed by atoms with Gasteiger partial charge in [0.1, 0.15) is 5.78 Å². The quantitative estimate of drug-likeness (QED) is 0.550. The van der Waals surface area contributed by atoms with Crippen molar-refractivity contribution in [3.63, 3.8) is 0 Å². The molecule has 0 aliphatic heterocycles. The number of quaternary nitrogens is 1. The maximum absolute atomic E-state index is 10.9. The van der Waals surface area contributed by atoms with Gasteiger partial charge in [-0.2, -0.15) is 0 Å². The number of Topliss-reactive ketones (excluding diaryl/α,β-unsaturated/α-hetero) is 1. The van der Waals surface area contributed by atoms with Crippen molar-refractivity contribution < 1.29 is 10.5 Å². The average Bonchev–Trinajstić information content (AvgIpc) is 1.89. The predicted molar refractivity (Wildman–Crippen MR) is 41.5 cm³/mol. The highest BCUT2D eigenvalue weighted by molar-refractivity contribution is 5.78. The van der Waals surface area contributed by atoms with Gasteiger partial charge in [-0.1, -0.05) is 6.92 Å². The molecular formula is C8H18NO+. The predicted octanol–water partition coefficient (Wildman–Crippen LogP) is 0.768. The third kappa shape index (κ3) is 5.76. The van der Waals surface area contributed by atoms with Crippen molar-refractivity contribution in [2.75, 3.05) is 6.54 Å². The Bertz CT molecular complexity index is 91.3. The van der Waals surface area contributed by atoms with Gasteiger partial charge in [0.05, 0.1) is 6.54 Å². The van der Waals surface area contributed by atoms with E-state index in [1.165, 1.54) is 0 Å². The lowest BCUT2D eigenvalue weighted by atomic mass is 10.1. The molecular weight excluding hydrogens is 126 g/mol. The van der Waals surface area contributed by atoms with Gasteiger partial charge in [-0.25, -0.2) is 0 Å². The molecule has 0 aromatic carbocycles. The molecule has 0 spiro atoms. The highest BCUT2D eigenvalue weighted by Gasteiger charge is 1.98. The number of hydrogen-bond acceptors (Lipinski definition) is 1. The SMILES string of the molecule is CCCC(=O)CCCC[NH3+]. The van der Waals surface area contributed by atoms with Crippen LogP contribution in [0.4, 0.5) is 0 Å². The molecule has 0 unspecified atom stereocenters. The number of unbranched alkanes of at least 4 members (excludes halogenated alkanes) is 1. The fourth-order valence-corrected chi connectivity index (χ4v) is 0.903. The summed E-state index contributed by atoms with van der Waals surface area (Å²) in [7, 11) is 0. The normalized spacial score (nSPS) is 9.80. The van der Waals surface area contributed by atoms with Crippen LogP contribution in [-0.4, -0.2) is 12.3 Å². The summed E-state index contributed by atoms with van der Waals surface area (Å²) in [6.45, 7) is 3.00. The Hall–Kier alpha value is -0.370. The van der Waals surface area contributed by atoms with Crippen molar-refractivity contribution in [2.24, 2.45) is 0 Å². The summed E-state index contributed by atoms with van der Waals surface area (Å²) in [5.41, 5.74) is 3.72. The molecule has 0 bridgehead atoms. The number of hydrogen-bond donors (Lipinski definition) is 1. The van der Waals surface area contributed by atoms with E-state index in [-0.39, 0.29) is 0 Å². The molecule has 0 aromatic rings. The number of carbonyl (C=O) groups excluding carboxylic acids is 1. The largest absolute Gasteiger partial charge is 0.358 e. The van der Waals surface area contributed by atoms with Crippen molar-refractivity contribution in [3.05, 3.63) is 0 Å². The summed E-state index contributed by atoms with van der Waals surface area (Å²) in [4.78, 5) is 10.9. The van der Waals surface area contributed by atoms with Crippen molar-refractivity contribution in [3.8, 4) is 0 Å². The molecule has 0 amide bonds. The molecule has 2 heteroatoms. The van der Waals surface area contributed by atoms with E-state index in [0.717, 1.165) is 38.6 Å². The van der Waals surface area contributed by atoms with Crippen LogP contribution >= 0.6 is 0 Å². The van der Waals surface area contributed by atoms with Crippen LogP contribution < -0.4 is 5.73 Å². The topological polar surface area (TPSA) is 44.7 Å². The fraction of sp³-hybridized carbons (Fsp3) is 0.875. The molecule has 10 heavy (non-hydrogen) atoms. The minimum Gasteiger partial charge on any atom is -0.358 e. The highest BCUT2D eigenvalue weighted by atomic mass is 16.1. The smallest absolute Gasteiger partial charge is 0.132 e. The number of ketones is 1. The van der Waals surface area contributed by atoms with Gasteiger partial charge < -0.3 is 5.73 Å². The molecule has 3 N–H and O–H groups in total. The van der Waals surface area contributed by atoms with E-state index in [9.17, 15) is 4.79 Å². The van der Waals surface area contributed by atoms with E-state index in [1.54, 1.807) is 0 Å². The first-order chi connectivity index (χ1) is 4.81. The first-order valence-electron chi connectivity index (χ1n) is 4.12. The second kappa shape index (κ2) is 6.75. The lowest BCUT2D eigenvalue weighted by Gasteiger charge is -1.95. The van der Waals surface area contributed by atoms with Crippen LogP contribution in [0.25, 0.3) is 0 Å². The van der Waals surface area contributed by atoms with Crippen molar-refractivity contribution in [1.29, 1.82) is 0 Å². The zero-order valence-corrected chi connectivity index (χ0v) is 6.86. The van der Waals surface area contributed by atoms with Gasteiger partial charge in [-0.05, 0) is 19.3 Å². The molecule has 0 aliphatic carbocycles. The van der Waals surface area contributed by atoms with Gasteiger partial charge in [0.2, 0.25) is 0 Å². The molecule has 60 valence electrons. The van der Waals surface area contributed by atoms with Crippen LogP contribution in [0.2, 0.25) is 0 Å². The molecule has 0 aromatic heterocycles. The molecule has 2 nitrogen and oxygen atoms in total. The van der Waals surface area contributed by atoms with E-state index in [4.69, 9.17) is 0 Å². The van der Waals surface area contributed by atoms with E-state index in [2.05, 4.69) is 5.73 Å². The monoisotopic (exact) mass is 144 g/mol.